The summed E-state index contributed by atoms with van der Waals surface area (Å²) >= 11 is 0. The van der Waals surface area contributed by atoms with E-state index < -0.39 is 15.9 Å². The number of quaternary nitrogens is 1. The molecule has 0 heterocycles. The Morgan fingerprint density at radius 3 is 1.21 bits per heavy atom. The smallest absolute Gasteiger partial charge is 0.323 e. The van der Waals surface area contributed by atoms with Crippen molar-refractivity contribution < 1.29 is 31.5 Å². The van der Waals surface area contributed by atoms with Gasteiger partial charge in [-0.2, -0.15) is 0 Å². The first-order valence-electron chi connectivity index (χ1n) is 7.81. The molecule has 0 aliphatic heterocycles. The largest absolute Gasteiger partial charge is 1.00 e. The Kier molecular flexibility index (Phi) is 9.55. The Morgan fingerprint density at radius 2 is 1.00 bits per heavy atom. The number of hydrogen-bond donors (Lipinski definition) is 2. The standard InChI is InChI=1S/C13H10N4O5.C4H12N.ClH/c18-13(14-9-1-5-11(6-2-9)16(19)20)15-10-3-7-12(8-4-10)17(21)22;1-5(2,3)4;/h1-8H,(H2,14,15,18);1-4H3;1H/q;+1;/p-1. The van der Waals surface area contributed by atoms with Crippen LogP contribution < -0.4 is 23.0 Å². The lowest BCUT2D eigenvalue weighted by Gasteiger charge is -2.14. The molecule has 0 aliphatic carbocycles. The van der Waals surface area contributed by atoms with Crippen LogP contribution in [0.4, 0.5) is 27.5 Å². The highest BCUT2D eigenvalue weighted by atomic mass is 35.5. The van der Waals surface area contributed by atoms with E-state index >= 15 is 0 Å². The molecular formula is C17H22ClN5O5. The number of hydrogen-bond acceptors (Lipinski definition) is 5. The number of rotatable bonds is 4. The SMILES string of the molecule is C[N+](C)(C)C.O=C(Nc1ccc([N+](=O)[O-])cc1)Nc1ccc([N+](=O)[O-])cc1.[Cl-]. The van der Waals surface area contributed by atoms with Crippen LogP contribution in [0.5, 0.6) is 0 Å². The minimum atomic E-state index is -0.567. The van der Waals surface area contributed by atoms with Gasteiger partial charge < -0.3 is 27.5 Å². The molecule has 0 spiro atoms. The molecule has 2 N–H and O–H groups in total. The number of amides is 2. The summed E-state index contributed by atoms with van der Waals surface area (Å²) in [6, 6.07) is 10.1. The maximum atomic E-state index is 11.7. The second-order valence-corrected chi connectivity index (χ2v) is 6.87. The molecule has 11 heteroatoms. The summed E-state index contributed by atoms with van der Waals surface area (Å²) in [4.78, 5) is 31.7. The van der Waals surface area contributed by atoms with Crippen molar-refractivity contribution in [2.75, 3.05) is 38.8 Å². The van der Waals surface area contributed by atoms with Crippen LogP contribution in [0.15, 0.2) is 48.5 Å². The minimum absolute atomic E-state index is 0. The third kappa shape index (κ3) is 10.0. The lowest BCUT2D eigenvalue weighted by Crippen LogP contribution is -3.00. The van der Waals surface area contributed by atoms with Crippen LogP contribution in [-0.2, 0) is 0 Å². The molecule has 28 heavy (non-hydrogen) atoms. The topological polar surface area (TPSA) is 127 Å². The third-order valence-electron chi connectivity index (χ3n) is 2.67. The fraction of sp³-hybridized carbons (Fsp3) is 0.235. The van der Waals surface area contributed by atoms with Gasteiger partial charge in [-0.3, -0.25) is 20.2 Å². The predicted octanol–water partition coefficient (Wildman–Crippen LogP) is 0.473. The number of nitro groups is 2. The average molecular weight is 412 g/mol. The molecule has 0 bridgehead atoms. The zero-order valence-corrected chi connectivity index (χ0v) is 16.6. The molecule has 2 aromatic carbocycles. The van der Waals surface area contributed by atoms with E-state index in [1.807, 2.05) is 0 Å². The number of carbonyl (C=O) groups excluding carboxylic acids is 1. The number of urea groups is 1. The van der Waals surface area contributed by atoms with Crippen molar-refractivity contribution in [1.29, 1.82) is 0 Å². The van der Waals surface area contributed by atoms with Gasteiger partial charge in [0.25, 0.3) is 11.4 Å². The van der Waals surface area contributed by atoms with Crippen molar-refractivity contribution >= 4 is 28.8 Å². The minimum Gasteiger partial charge on any atom is -1.00 e. The van der Waals surface area contributed by atoms with Crippen molar-refractivity contribution in [3.05, 3.63) is 68.8 Å². The Labute approximate surface area is 168 Å². The van der Waals surface area contributed by atoms with Crippen LogP contribution >= 0.6 is 0 Å². The van der Waals surface area contributed by atoms with Crippen LogP contribution in [0.2, 0.25) is 0 Å². The number of nitro benzene ring substituents is 2. The zero-order valence-electron chi connectivity index (χ0n) is 15.9. The zero-order chi connectivity index (χ0) is 20.6. The van der Waals surface area contributed by atoms with E-state index in [2.05, 4.69) is 38.8 Å². The first kappa shape index (κ1) is 24.8. The highest BCUT2D eigenvalue weighted by Crippen LogP contribution is 2.17. The monoisotopic (exact) mass is 411 g/mol. The van der Waals surface area contributed by atoms with Crippen molar-refractivity contribution in [3.63, 3.8) is 0 Å². The molecule has 0 aliphatic rings. The summed E-state index contributed by atoms with van der Waals surface area (Å²) in [6.45, 7) is 0. The molecule has 2 aromatic rings. The van der Waals surface area contributed by atoms with Crippen LogP contribution in [0.25, 0.3) is 0 Å². The van der Waals surface area contributed by atoms with E-state index in [1.54, 1.807) is 0 Å². The van der Waals surface area contributed by atoms with Gasteiger partial charge in [-0.05, 0) is 24.3 Å². The van der Waals surface area contributed by atoms with Gasteiger partial charge in [0.15, 0.2) is 0 Å². The summed E-state index contributed by atoms with van der Waals surface area (Å²) in [5.41, 5.74) is 0.595. The second-order valence-electron chi connectivity index (χ2n) is 6.87. The number of benzene rings is 2. The van der Waals surface area contributed by atoms with E-state index in [0.717, 1.165) is 4.48 Å². The summed E-state index contributed by atoms with van der Waals surface area (Å²) < 4.78 is 1.00. The normalized spacial score (nSPS) is 9.86. The van der Waals surface area contributed by atoms with E-state index in [9.17, 15) is 25.0 Å². The molecule has 152 valence electrons. The van der Waals surface area contributed by atoms with Crippen LogP contribution in [0.3, 0.4) is 0 Å². The number of carbonyl (C=O) groups is 1. The molecule has 0 unspecified atom stereocenters. The van der Waals surface area contributed by atoms with Gasteiger partial charge in [-0.15, -0.1) is 0 Å². The first-order chi connectivity index (χ1) is 12.5. The summed E-state index contributed by atoms with van der Waals surface area (Å²) in [6.07, 6.45) is 0. The number of non-ortho nitro benzene ring substituents is 2. The highest BCUT2D eigenvalue weighted by Gasteiger charge is 2.08. The van der Waals surface area contributed by atoms with E-state index in [1.165, 1.54) is 48.5 Å². The van der Waals surface area contributed by atoms with Crippen LogP contribution in [0, 0.1) is 20.2 Å². The fourth-order valence-corrected chi connectivity index (χ4v) is 1.63. The lowest BCUT2D eigenvalue weighted by molar-refractivity contribution is -0.849. The Bertz CT molecular complexity index is 737. The molecule has 0 radical (unpaired) electrons. The lowest BCUT2D eigenvalue weighted by atomic mass is 10.3. The van der Waals surface area contributed by atoms with Crippen molar-refractivity contribution in [1.82, 2.24) is 0 Å². The Hall–Kier alpha value is -3.24. The van der Waals surface area contributed by atoms with Crippen molar-refractivity contribution in [3.8, 4) is 0 Å². The van der Waals surface area contributed by atoms with Crippen molar-refractivity contribution in [2.24, 2.45) is 0 Å². The summed E-state index contributed by atoms with van der Waals surface area (Å²) in [5, 5.41) is 26.0. The number of halogens is 1. The molecule has 0 saturated carbocycles. The second kappa shape index (κ2) is 10.8. The third-order valence-corrected chi connectivity index (χ3v) is 2.67. The molecule has 0 fully saturated rings. The van der Waals surface area contributed by atoms with Gasteiger partial charge in [0.2, 0.25) is 0 Å². The molecule has 0 aromatic heterocycles. The van der Waals surface area contributed by atoms with Gasteiger partial charge in [0, 0.05) is 35.6 Å². The first-order valence-corrected chi connectivity index (χ1v) is 7.81. The fourth-order valence-electron chi connectivity index (χ4n) is 1.63. The average Bonchev–Trinajstić information content (AvgIpc) is 2.54. The number of nitrogens with zero attached hydrogens (tertiary/aromatic N) is 3. The van der Waals surface area contributed by atoms with Crippen LogP contribution in [-0.4, -0.2) is 48.6 Å². The number of anilines is 2. The molecule has 2 rings (SSSR count). The van der Waals surface area contributed by atoms with E-state index in [0.29, 0.717) is 11.4 Å². The van der Waals surface area contributed by atoms with Crippen molar-refractivity contribution in [2.45, 2.75) is 0 Å². The van der Waals surface area contributed by atoms with Gasteiger partial charge in [0.05, 0.1) is 38.0 Å². The Balaban J connectivity index is 0.00000108. The molecule has 2 amide bonds. The van der Waals surface area contributed by atoms with Gasteiger partial charge in [-0.1, -0.05) is 0 Å². The highest BCUT2D eigenvalue weighted by molar-refractivity contribution is 5.99. The maximum Gasteiger partial charge on any atom is 0.323 e. The van der Waals surface area contributed by atoms with Gasteiger partial charge in [-0.25, -0.2) is 4.79 Å². The molecule has 10 nitrogen and oxygen atoms in total. The molecule has 0 saturated heterocycles. The van der Waals surface area contributed by atoms with E-state index in [4.69, 9.17) is 0 Å². The number of nitrogens with one attached hydrogen (secondary N) is 2. The Morgan fingerprint density at radius 1 is 0.750 bits per heavy atom. The summed E-state index contributed by atoms with van der Waals surface area (Å²) in [7, 11) is 8.50. The van der Waals surface area contributed by atoms with Gasteiger partial charge >= 0.3 is 6.03 Å². The van der Waals surface area contributed by atoms with Crippen LogP contribution in [0.1, 0.15) is 0 Å². The van der Waals surface area contributed by atoms with Gasteiger partial charge in [0.1, 0.15) is 0 Å². The maximum absolute atomic E-state index is 11.7. The molecular weight excluding hydrogens is 390 g/mol. The molecule has 0 atom stereocenters. The summed E-state index contributed by atoms with van der Waals surface area (Å²) in [5.74, 6) is 0. The van der Waals surface area contributed by atoms with E-state index in [-0.39, 0.29) is 23.8 Å². The quantitative estimate of drug-likeness (QED) is 0.429. The predicted molar refractivity (Wildman–Crippen MR) is 103 cm³/mol.